The molecule has 2 rings (SSSR count). The van der Waals surface area contributed by atoms with E-state index in [2.05, 4.69) is 45.0 Å². The third-order valence-electron chi connectivity index (χ3n) is 3.40. The number of hydrogen-bond donors (Lipinski definition) is 0. The maximum absolute atomic E-state index is 5.96. The van der Waals surface area contributed by atoms with E-state index >= 15 is 0 Å². The third kappa shape index (κ3) is 2.59. The summed E-state index contributed by atoms with van der Waals surface area (Å²) in [7, 11) is 0. The molecule has 2 aromatic rings. The van der Waals surface area contributed by atoms with Crippen molar-refractivity contribution in [3.63, 3.8) is 0 Å². The lowest BCUT2D eigenvalue weighted by Gasteiger charge is -2.14. The van der Waals surface area contributed by atoms with Crippen LogP contribution < -0.4 is 0 Å². The van der Waals surface area contributed by atoms with Crippen LogP contribution in [0.1, 0.15) is 30.5 Å². The lowest BCUT2D eigenvalue weighted by atomic mass is 9.91. The average Bonchev–Trinajstić information content (AvgIpc) is 2.39. The van der Waals surface area contributed by atoms with Crippen LogP contribution in [0, 0.1) is 6.92 Å². The first-order valence-electron chi connectivity index (χ1n) is 6.54. The SMILES string of the molecule is CCc1cc(C)c(-c2ccc(Cl)cc2)c(CC)c1. The van der Waals surface area contributed by atoms with E-state index < -0.39 is 0 Å². The molecule has 0 saturated carbocycles. The van der Waals surface area contributed by atoms with E-state index in [9.17, 15) is 0 Å². The molecule has 0 radical (unpaired) electrons. The van der Waals surface area contributed by atoms with Crippen LogP contribution in [0.25, 0.3) is 11.1 Å². The monoisotopic (exact) mass is 258 g/mol. The Morgan fingerprint density at radius 1 is 0.944 bits per heavy atom. The fourth-order valence-corrected chi connectivity index (χ4v) is 2.58. The van der Waals surface area contributed by atoms with Gasteiger partial charge in [-0.15, -0.1) is 0 Å². The average molecular weight is 259 g/mol. The quantitative estimate of drug-likeness (QED) is 0.688. The zero-order valence-corrected chi connectivity index (χ0v) is 12.0. The molecule has 1 heteroatoms. The number of aryl methyl sites for hydroxylation is 3. The minimum Gasteiger partial charge on any atom is -0.0843 e. The Morgan fingerprint density at radius 2 is 1.61 bits per heavy atom. The topological polar surface area (TPSA) is 0 Å². The van der Waals surface area contributed by atoms with E-state index in [0.717, 1.165) is 17.9 Å². The summed E-state index contributed by atoms with van der Waals surface area (Å²) in [5, 5.41) is 0.791. The molecule has 0 nitrogen and oxygen atoms in total. The maximum Gasteiger partial charge on any atom is 0.0406 e. The molecule has 2 aromatic carbocycles. The fraction of sp³-hybridized carbons (Fsp3) is 0.294. The number of halogens is 1. The zero-order valence-electron chi connectivity index (χ0n) is 11.3. The summed E-state index contributed by atoms with van der Waals surface area (Å²) in [5.41, 5.74) is 6.83. The van der Waals surface area contributed by atoms with Crippen molar-refractivity contribution in [3.05, 3.63) is 58.1 Å². The van der Waals surface area contributed by atoms with Gasteiger partial charge in [0, 0.05) is 5.02 Å². The first-order chi connectivity index (χ1) is 8.65. The van der Waals surface area contributed by atoms with E-state index in [1.54, 1.807) is 0 Å². The van der Waals surface area contributed by atoms with Crippen LogP contribution >= 0.6 is 11.6 Å². The molecule has 0 atom stereocenters. The second-order valence-electron chi connectivity index (χ2n) is 4.66. The van der Waals surface area contributed by atoms with Crippen LogP contribution in [0.5, 0.6) is 0 Å². The summed E-state index contributed by atoms with van der Waals surface area (Å²) in [6.07, 6.45) is 2.15. The Balaban J connectivity index is 2.59. The van der Waals surface area contributed by atoms with Gasteiger partial charge in [-0.05, 0) is 59.7 Å². The summed E-state index contributed by atoms with van der Waals surface area (Å²) in [6.45, 7) is 6.62. The molecule has 0 fully saturated rings. The summed E-state index contributed by atoms with van der Waals surface area (Å²) >= 11 is 5.96. The molecule has 0 bridgehead atoms. The van der Waals surface area contributed by atoms with E-state index in [1.165, 1.54) is 27.8 Å². The molecule has 0 saturated heterocycles. The van der Waals surface area contributed by atoms with Crippen LogP contribution in [0.2, 0.25) is 5.02 Å². The Morgan fingerprint density at radius 3 is 2.17 bits per heavy atom. The van der Waals surface area contributed by atoms with Crippen LogP contribution in [0.15, 0.2) is 36.4 Å². The van der Waals surface area contributed by atoms with Crippen molar-refractivity contribution in [2.75, 3.05) is 0 Å². The molecule has 0 spiro atoms. The Labute approximate surface area is 115 Å². The molecule has 18 heavy (non-hydrogen) atoms. The fourth-order valence-electron chi connectivity index (χ4n) is 2.45. The van der Waals surface area contributed by atoms with Crippen molar-refractivity contribution >= 4 is 11.6 Å². The van der Waals surface area contributed by atoms with Gasteiger partial charge >= 0.3 is 0 Å². The van der Waals surface area contributed by atoms with Gasteiger partial charge in [0.1, 0.15) is 0 Å². The molecule has 0 N–H and O–H groups in total. The van der Waals surface area contributed by atoms with Crippen molar-refractivity contribution < 1.29 is 0 Å². The van der Waals surface area contributed by atoms with Crippen LogP contribution in [-0.4, -0.2) is 0 Å². The van der Waals surface area contributed by atoms with Crippen LogP contribution in [0.3, 0.4) is 0 Å². The summed E-state index contributed by atoms with van der Waals surface area (Å²) < 4.78 is 0. The van der Waals surface area contributed by atoms with E-state index in [4.69, 9.17) is 11.6 Å². The standard InChI is InChI=1S/C17H19Cl/c1-4-13-10-12(3)17(14(5-2)11-13)15-6-8-16(18)9-7-15/h6-11H,4-5H2,1-3H3. The highest BCUT2D eigenvalue weighted by Gasteiger charge is 2.08. The third-order valence-corrected chi connectivity index (χ3v) is 3.65. The molecule has 0 unspecified atom stereocenters. The predicted molar refractivity (Wildman–Crippen MR) is 80.4 cm³/mol. The van der Waals surface area contributed by atoms with E-state index in [-0.39, 0.29) is 0 Å². The Hall–Kier alpha value is -1.27. The minimum atomic E-state index is 0.791. The van der Waals surface area contributed by atoms with Gasteiger partial charge in [0.05, 0.1) is 0 Å². The van der Waals surface area contributed by atoms with Gasteiger partial charge in [-0.25, -0.2) is 0 Å². The Kier molecular flexibility index (Phi) is 4.08. The van der Waals surface area contributed by atoms with Crippen molar-refractivity contribution in [2.45, 2.75) is 33.6 Å². The van der Waals surface area contributed by atoms with Gasteiger partial charge in [-0.2, -0.15) is 0 Å². The number of benzene rings is 2. The predicted octanol–water partition coefficient (Wildman–Crippen LogP) is 5.44. The number of rotatable bonds is 3. The van der Waals surface area contributed by atoms with Crippen molar-refractivity contribution in [2.24, 2.45) is 0 Å². The van der Waals surface area contributed by atoms with Crippen LogP contribution in [0.4, 0.5) is 0 Å². The van der Waals surface area contributed by atoms with Gasteiger partial charge in [-0.1, -0.05) is 49.7 Å². The van der Waals surface area contributed by atoms with Gasteiger partial charge in [0.15, 0.2) is 0 Å². The van der Waals surface area contributed by atoms with Gasteiger partial charge in [0.2, 0.25) is 0 Å². The molecular formula is C17H19Cl. The second kappa shape index (κ2) is 5.58. The second-order valence-corrected chi connectivity index (χ2v) is 5.10. The number of hydrogen-bond acceptors (Lipinski definition) is 0. The van der Waals surface area contributed by atoms with Gasteiger partial charge < -0.3 is 0 Å². The zero-order chi connectivity index (χ0) is 13.1. The van der Waals surface area contributed by atoms with Crippen molar-refractivity contribution in [1.82, 2.24) is 0 Å². The Bertz CT molecular complexity index is 538. The first kappa shape index (κ1) is 13.2. The molecule has 0 heterocycles. The molecule has 0 aliphatic carbocycles. The van der Waals surface area contributed by atoms with Gasteiger partial charge in [-0.3, -0.25) is 0 Å². The van der Waals surface area contributed by atoms with E-state index in [0.29, 0.717) is 0 Å². The van der Waals surface area contributed by atoms with E-state index in [1.807, 2.05) is 12.1 Å². The smallest absolute Gasteiger partial charge is 0.0406 e. The first-order valence-corrected chi connectivity index (χ1v) is 6.91. The molecule has 0 aliphatic heterocycles. The van der Waals surface area contributed by atoms with Crippen molar-refractivity contribution in [3.8, 4) is 11.1 Å². The molecule has 0 amide bonds. The summed E-state index contributed by atoms with van der Waals surface area (Å²) in [4.78, 5) is 0. The summed E-state index contributed by atoms with van der Waals surface area (Å²) in [6, 6.07) is 12.8. The minimum absolute atomic E-state index is 0.791. The lowest BCUT2D eigenvalue weighted by molar-refractivity contribution is 1.08. The van der Waals surface area contributed by atoms with Gasteiger partial charge in [0.25, 0.3) is 0 Å². The highest BCUT2D eigenvalue weighted by Crippen LogP contribution is 2.30. The molecule has 0 aliphatic rings. The molecular weight excluding hydrogens is 240 g/mol. The molecule has 0 aromatic heterocycles. The normalized spacial score (nSPS) is 10.7. The van der Waals surface area contributed by atoms with Crippen molar-refractivity contribution in [1.29, 1.82) is 0 Å². The maximum atomic E-state index is 5.96. The lowest BCUT2D eigenvalue weighted by Crippen LogP contribution is -1.95. The highest BCUT2D eigenvalue weighted by atomic mass is 35.5. The van der Waals surface area contributed by atoms with Crippen LogP contribution in [-0.2, 0) is 12.8 Å². The highest BCUT2D eigenvalue weighted by molar-refractivity contribution is 6.30. The summed E-state index contributed by atoms with van der Waals surface area (Å²) in [5.74, 6) is 0. The molecule has 94 valence electrons. The largest absolute Gasteiger partial charge is 0.0843 e.